The van der Waals surface area contributed by atoms with Gasteiger partial charge in [-0.2, -0.15) is 0 Å². The van der Waals surface area contributed by atoms with Crippen LogP contribution in [-0.2, 0) is 6.42 Å². The topological polar surface area (TPSA) is 85.4 Å². The molecule has 150 valence electrons. The molecule has 3 aromatic rings. The Balaban J connectivity index is 1.60. The van der Waals surface area contributed by atoms with Gasteiger partial charge in [-0.15, -0.1) is 0 Å². The van der Waals surface area contributed by atoms with E-state index in [1.54, 1.807) is 26.4 Å². The summed E-state index contributed by atoms with van der Waals surface area (Å²) in [5.74, 6) is 0.812. The largest absolute Gasteiger partial charge is 0.493 e. The normalized spacial score (nSPS) is 10.3. The second-order valence-corrected chi connectivity index (χ2v) is 6.09. The third kappa shape index (κ3) is 5.19. The molecule has 0 radical (unpaired) electrons. The molecule has 29 heavy (non-hydrogen) atoms. The molecule has 0 aliphatic carbocycles. The highest BCUT2D eigenvalue weighted by molar-refractivity contribution is 6.03. The van der Waals surface area contributed by atoms with Gasteiger partial charge in [0.15, 0.2) is 11.5 Å². The molecule has 1 heterocycles. The maximum Gasteiger partial charge on any atom is 0.274 e. The van der Waals surface area contributed by atoms with E-state index in [2.05, 4.69) is 20.6 Å². The number of rotatable bonds is 8. The van der Waals surface area contributed by atoms with Crippen molar-refractivity contribution in [2.45, 2.75) is 6.42 Å². The van der Waals surface area contributed by atoms with E-state index in [1.165, 1.54) is 24.5 Å². The van der Waals surface area contributed by atoms with Crippen LogP contribution in [0.15, 0.2) is 54.9 Å². The number of halogens is 1. The van der Waals surface area contributed by atoms with Crippen LogP contribution in [0.5, 0.6) is 11.5 Å². The fourth-order valence-electron chi connectivity index (χ4n) is 2.70. The zero-order chi connectivity index (χ0) is 20.6. The quantitative estimate of drug-likeness (QED) is 0.606. The van der Waals surface area contributed by atoms with E-state index in [-0.39, 0.29) is 11.4 Å². The van der Waals surface area contributed by atoms with E-state index < -0.39 is 11.7 Å². The van der Waals surface area contributed by atoms with Crippen LogP contribution in [0.2, 0.25) is 0 Å². The summed E-state index contributed by atoms with van der Waals surface area (Å²) >= 11 is 0. The summed E-state index contributed by atoms with van der Waals surface area (Å²) < 4.78 is 24.2. The minimum absolute atomic E-state index is 0.0964. The highest BCUT2D eigenvalue weighted by Gasteiger charge is 2.11. The van der Waals surface area contributed by atoms with E-state index in [0.29, 0.717) is 30.3 Å². The highest BCUT2D eigenvalue weighted by atomic mass is 19.1. The van der Waals surface area contributed by atoms with Crippen LogP contribution in [0.1, 0.15) is 16.1 Å². The number of ether oxygens (including phenoxy) is 2. The molecule has 1 aromatic heterocycles. The first-order valence-electron chi connectivity index (χ1n) is 8.93. The Bertz CT molecular complexity index is 997. The molecule has 0 aliphatic heterocycles. The molecule has 0 unspecified atom stereocenters. The van der Waals surface area contributed by atoms with Crippen molar-refractivity contribution < 1.29 is 18.7 Å². The number of anilines is 2. The standard InChI is InChI=1S/C21H21FN4O3/c1-28-18-8-7-14(11-19(18)29-2)9-10-23-20-12-17(24-13-25-20)21(27)26-16-6-4-3-5-15(16)22/h3-8,11-13H,9-10H2,1-2H3,(H,26,27)(H,23,24,25). The zero-order valence-electron chi connectivity index (χ0n) is 16.1. The molecule has 1 amide bonds. The van der Waals surface area contributed by atoms with E-state index >= 15 is 0 Å². The Morgan fingerprint density at radius 3 is 2.59 bits per heavy atom. The molecular formula is C21H21FN4O3. The van der Waals surface area contributed by atoms with Gasteiger partial charge in [-0.05, 0) is 36.2 Å². The van der Waals surface area contributed by atoms with Crippen LogP contribution in [-0.4, -0.2) is 36.6 Å². The smallest absolute Gasteiger partial charge is 0.274 e. The number of carbonyl (C=O) groups is 1. The predicted molar refractivity (Wildman–Crippen MR) is 108 cm³/mol. The molecule has 8 heteroatoms. The maximum absolute atomic E-state index is 13.7. The SMILES string of the molecule is COc1ccc(CCNc2cc(C(=O)Nc3ccccc3F)ncn2)cc1OC. The van der Waals surface area contributed by atoms with Crippen molar-refractivity contribution in [2.75, 3.05) is 31.4 Å². The molecule has 0 bridgehead atoms. The number of para-hydroxylation sites is 1. The van der Waals surface area contributed by atoms with Crippen LogP contribution in [0, 0.1) is 5.82 Å². The van der Waals surface area contributed by atoms with Gasteiger partial charge in [0, 0.05) is 12.6 Å². The third-order valence-electron chi connectivity index (χ3n) is 4.19. The van der Waals surface area contributed by atoms with Crippen LogP contribution in [0.4, 0.5) is 15.9 Å². The number of methoxy groups -OCH3 is 2. The van der Waals surface area contributed by atoms with Gasteiger partial charge in [-0.3, -0.25) is 4.79 Å². The highest BCUT2D eigenvalue weighted by Crippen LogP contribution is 2.27. The first kappa shape index (κ1) is 20.1. The lowest BCUT2D eigenvalue weighted by molar-refractivity contribution is 0.102. The van der Waals surface area contributed by atoms with Crippen LogP contribution in [0.25, 0.3) is 0 Å². The number of hydrogen-bond donors (Lipinski definition) is 2. The number of aromatic nitrogens is 2. The molecule has 2 N–H and O–H groups in total. The summed E-state index contributed by atoms with van der Waals surface area (Å²) in [6.07, 6.45) is 2.00. The second kappa shape index (κ2) is 9.50. The molecule has 0 saturated heterocycles. The molecule has 2 aromatic carbocycles. The number of carbonyl (C=O) groups excluding carboxylic acids is 1. The van der Waals surface area contributed by atoms with Crippen molar-refractivity contribution in [2.24, 2.45) is 0 Å². The Morgan fingerprint density at radius 1 is 1.03 bits per heavy atom. The molecule has 0 atom stereocenters. The van der Waals surface area contributed by atoms with Crippen molar-refractivity contribution in [3.63, 3.8) is 0 Å². The van der Waals surface area contributed by atoms with Gasteiger partial charge in [0.2, 0.25) is 0 Å². The molecule has 0 fully saturated rings. The Labute approximate surface area is 167 Å². The predicted octanol–water partition coefficient (Wildman–Crippen LogP) is 3.54. The molecule has 3 rings (SSSR count). The van der Waals surface area contributed by atoms with Crippen LogP contribution < -0.4 is 20.1 Å². The molecule has 0 aliphatic rings. The Hall–Kier alpha value is -3.68. The van der Waals surface area contributed by atoms with E-state index in [1.807, 2.05) is 18.2 Å². The number of nitrogens with one attached hydrogen (secondary N) is 2. The van der Waals surface area contributed by atoms with Gasteiger partial charge < -0.3 is 20.1 Å². The lowest BCUT2D eigenvalue weighted by Crippen LogP contribution is -2.16. The number of benzene rings is 2. The van der Waals surface area contributed by atoms with Crippen LogP contribution >= 0.6 is 0 Å². The molecule has 0 saturated carbocycles. The average molecular weight is 396 g/mol. The van der Waals surface area contributed by atoms with Crippen molar-refractivity contribution in [3.8, 4) is 11.5 Å². The average Bonchev–Trinajstić information content (AvgIpc) is 2.75. The first-order valence-corrected chi connectivity index (χ1v) is 8.93. The number of hydrogen-bond acceptors (Lipinski definition) is 6. The van der Waals surface area contributed by atoms with E-state index in [4.69, 9.17) is 9.47 Å². The summed E-state index contributed by atoms with van der Waals surface area (Å²) in [5, 5.41) is 5.65. The summed E-state index contributed by atoms with van der Waals surface area (Å²) in [5.41, 5.74) is 1.29. The monoisotopic (exact) mass is 396 g/mol. The van der Waals surface area contributed by atoms with Crippen molar-refractivity contribution in [1.29, 1.82) is 0 Å². The summed E-state index contributed by atoms with van der Waals surface area (Å²) in [7, 11) is 3.18. The van der Waals surface area contributed by atoms with Gasteiger partial charge >= 0.3 is 0 Å². The molecule has 0 spiro atoms. The van der Waals surface area contributed by atoms with E-state index in [0.717, 1.165) is 5.56 Å². The van der Waals surface area contributed by atoms with Gasteiger partial charge in [-0.25, -0.2) is 14.4 Å². The first-order chi connectivity index (χ1) is 14.1. The minimum atomic E-state index is -0.513. The van der Waals surface area contributed by atoms with Crippen LogP contribution in [0.3, 0.4) is 0 Å². The molecular weight excluding hydrogens is 375 g/mol. The summed E-state index contributed by atoms with van der Waals surface area (Å²) in [6, 6.07) is 13.2. The zero-order valence-corrected chi connectivity index (χ0v) is 16.1. The van der Waals surface area contributed by atoms with Crippen molar-refractivity contribution in [3.05, 3.63) is 71.9 Å². The fourth-order valence-corrected chi connectivity index (χ4v) is 2.70. The summed E-state index contributed by atoms with van der Waals surface area (Å²) in [6.45, 7) is 0.584. The van der Waals surface area contributed by atoms with Gasteiger partial charge in [-0.1, -0.05) is 18.2 Å². The molecule has 7 nitrogen and oxygen atoms in total. The van der Waals surface area contributed by atoms with E-state index in [9.17, 15) is 9.18 Å². The van der Waals surface area contributed by atoms with Gasteiger partial charge in [0.05, 0.1) is 19.9 Å². The third-order valence-corrected chi connectivity index (χ3v) is 4.19. The minimum Gasteiger partial charge on any atom is -0.493 e. The fraction of sp³-hybridized carbons (Fsp3) is 0.190. The lowest BCUT2D eigenvalue weighted by atomic mass is 10.1. The second-order valence-electron chi connectivity index (χ2n) is 6.09. The number of nitrogens with zero attached hydrogens (tertiary/aromatic N) is 2. The lowest BCUT2D eigenvalue weighted by Gasteiger charge is -2.10. The van der Waals surface area contributed by atoms with Crippen molar-refractivity contribution >= 4 is 17.4 Å². The Morgan fingerprint density at radius 2 is 1.83 bits per heavy atom. The van der Waals surface area contributed by atoms with Crippen molar-refractivity contribution in [1.82, 2.24) is 9.97 Å². The Kier molecular flexibility index (Phi) is 6.57. The summed E-state index contributed by atoms with van der Waals surface area (Å²) in [4.78, 5) is 20.4. The van der Waals surface area contributed by atoms with Gasteiger partial charge in [0.1, 0.15) is 23.7 Å². The maximum atomic E-state index is 13.7. The van der Waals surface area contributed by atoms with Gasteiger partial charge in [0.25, 0.3) is 5.91 Å². The number of amides is 1.